The number of hydrogen-bond acceptors (Lipinski definition) is 6. The van der Waals surface area contributed by atoms with E-state index in [1.165, 1.54) is 0 Å². The Bertz CT molecular complexity index is 1270. The van der Waals surface area contributed by atoms with Gasteiger partial charge in [0.1, 0.15) is 11.9 Å². The monoisotopic (exact) mass is 528 g/mol. The van der Waals surface area contributed by atoms with Crippen molar-refractivity contribution in [3.63, 3.8) is 0 Å². The van der Waals surface area contributed by atoms with Gasteiger partial charge in [0.05, 0.1) is 7.11 Å². The number of fused-ring (bicyclic) bond motifs is 1. The molecule has 8 heteroatoms. The Kier molecular flexibility index (Phi) is 8.32. The third-order valence-corrected chi connectivity index (χ3v) is 7.39. The lowest BCUT2D eigenvalue weighted by molar-refractivity contribution is 0.0707. The summed E-state index contributed by atoms with van der Waals surface area (Å²) in [6, 6.07) is 23.3. The molecule has 0 aromatic heterocycles. The Labute approximate surface area is 230 Å². The van der Waals surface area contributed by atoms with Crippen LogP contribution in [0.3, 0.4) is 0 Å². The molecule has 8 nitrogen and oxygen atoms in total. The lowest BCUT2D eigenvalue weighted by atomic mass is 10.1. The van der Waals surface area contributed by atoms with Crippen molar-refractivity contribution in [1.29, 1.82) is 0 Å². The lowest BCUT2D eigenvalue weighted by Gasteiger charge is -2.36. The SMILES string of the molecule is CCOCCCN1C(=O)c2ccccc2C1Nc1ccc(C(=O)N2CCN(c3ccc(OC)cc3)CC2)cc1. The number of nitrogens with zero attached hydrogens (tertiary/aromatic N) is 3. The molecule has 1 fully saturated rings. The van der Waals surface area contributed by atoms with Crippen molar-refractivity contribution >= 4 is 23.2 Å². The van der Waals surface area contributed by atoms with E-state index in [1.54, 1.807) is 7.11 Å². The first-order valence-corrected chi connectivity index (χ1v) is 13.6. The molecule has 204 valence electrons. The normalized spacial score (nSPS) is 16.8. The highest BCUT2D eigenvalue weighted by atomic mass is 16.5. The minimum Gasteiger partial charge on any atom is -0.497 e. The van der Waals surface area contributed by atoms with Crippen LogP contribution < -0.4 is 15.0 Å². The molecular weight excluding hydrogens is 492 g/mol. The van der Waals surface area contributed by atoms with E-state index >= 15 is 0 Å². The van der Waals surface area contributed by atoms with Crippen molar-refractivity contribution < 1.29 is 19.1 Å². The molecule has 3 aromatic carbocycles. The second-order valence-electron chi connectivity index (χ2n) is 9.74. The van der Waals surface area contributed by atoms with Crippen molar-refractivity contribution in [1.82, 2.24) is 9.80 Å². The van der Waals surface area contributed by atoms with Gasteiger partial charge in [0.2, 0.25) is 0 Å². The van der Waals surface area contributed by atoms with Crippen LogP contribution >= 0.6 is 0 Å². The van der Waals surface area contributed by atoms with Crippen molar-refractivity contribution in [3.05, 3.63) is 89.5 Å². The topological polar surface area (TPSA) is 74.4 Å². The Morgan fingerprint density at radius 1 is 0.949 bits per heavy atom. The summed E-state index contributed by atoms with van der Waals surface area (Å²) >= 11 is 0. The first kappa shape index (κ1) is 26.6. The Morgan fingerprint density at radius 2 is 1.67 bits per heavy atom. The molecule has 3 aromatic rings. The third kappa shape index (κ3) is 5.86. The fourth-order valence-electron chi connectivity index (χ4n) is 5.25. The predicted molar refractivity (Wildman–Crippen MR) is 153 cm³/mol. The average molecular weight is 529 g/mol. The van der Waals surface area contributed by atoms with E-state index in [-0.39, 0.29) is 18.0 Å². The number of anilines is 2. The fourth-order valence-corrected chi connectivity index (χ4v) is 5.25. The highest BCUT2D eigenvalue weighted by Crippen LogP contribution is 2.34. The minimum absolute atomic E-state index is 0.0279. The lowest BCUT2D eigenvalue weighted by Crippen LogP contribution is -2.48. The van der Waals surface area contributed by atoms with Gasteiger partial charge in [-0.15, -0.1) is 0 Å². The number of amides is 2. The quantitative estimate of drug-likeness (QED) is 0.386. The van der Waals surface area contributed by atoms with Gasteiger partial charge < -0.3 is 29.5 Å². The molecule has 2 amide bonds. The zero-order chi connectivity index (χ0) is 27.2. The number of benzene rings is 3. The molecule has 1 atom stereocenters. The van der Waals surface area contributed by atoms with E-state index in [0.717, 1.165) is 47.8 Å². The summed E-state index contributed by atoms with van der Waals surface area (Å²) in [5.74, 6) is 0.901. The van der Waals surface area contributed by atoms with Gasteiger partial charge in [-0.2, -0.15) is 0 Å². The van der Waals surface area contributed by atoms with Crippen LogP contribution in [0.25, 0.3) is 0 Å². The molecule has 1 saturated heterocycles. The zero-order valence-electron chi connectivity index (χ0n) is 22.6. The van der Waals surface area contributed by atoms with Crippen LogP contribution in [0.4, 0.5) is 11.4 Å². The summed E-state index contributed by atoms with van der Waals surface area (Å²) in [5.41, 5.74) is 4.35. The average Bonchev–Trinajstić information content (AvgIpc) is 3.25. The molecule has 0 saturated carbocycles. The van der Waals surface area contributed by atoms with E-state index in [4.69, 9.17) is 9.47 Å². The molecular formula is C31H36N4O4. The molecule has 0 bridgehead atoms. The predicted octanol–water partition coefficient (Wildman–Crippen LogP) is 4.65. The van der Waals surface area contributed by atoms with Crippen molar-refractivity contribution in [2.75, 3.05) is 63.3 Å². The van der Waals surface area contributed by atoms with Crippen molar-refractivity contribution in [2.45, 2.75) is 19.5 Å². The van der Waals surface area contributed by atoms with Crippen LogP contribution in [-0.2, 0) is 4.74 Å². The number of piperazine rings is 1. The summed E-state index contributed by atoms with van der Waals surface area (Å²) in [6.07, 6.45) is 0.508. The first-order chi connectivity index (χ1) is 19.1. The number of carbonyl (C=O) groups is 2. The van der Waals surface area contributed by atoms with Crippen molar-refractivity contribution in [3.8, 4) is 5.75 Å². The van der Waals surface area contributed by atoms with Gasteiger partial charge in [-0.25, -0.2) is 0 Å². The minimum atomic E-state index is -0.261. The Hall–Kier alpha value is -4.04. The second kappa shape index (κ2) is 12.2. The molecule has 5 rings (SSSR count). The number of ether oxygens (including phenoxy) is 2. The zero-order valence-corrected chi connectivity index (χ0v) is 22.6. The largest absolute Gasteiger partial charge is 0.497 e. The van der Waals surface area contributed by atoms with Gasteiger partial charge in [-0.05, 0) is 67.9 Å². The first-order valence-electron chi connectivity index (χ1n) is 13.6. The molecule has 0 spiro atoms. The smallest absolute Gasteiger partial charge is 0.256 e. The highest BCUT2D eigenvalue weighted by Gasteiger charge is 2.36. The highest BCUT2D eigenvalue weighted by molar-refractivity contribution is 5.99. The van der Waals surface area contributed by atoms with Crippen LogP contribution in [0, 0.1) is 0 Å². The molecule has 2 aliphatic rings. The van der Waals surface area contributed by atoms with Gasteiger partial charge in [-0.1, -0.05) is 18.2 Å². The Balaban J connectivity index is 1.21. The fraction of sp³-hybridized carbons (Fsp3) is 0.355. The third-order valence-electron chi connectivity index (χ3n) is 7.39. The van der Waals surface area contributed by atoms with E-state index in [1.807, 2.05) is 77.4 Å². The van der Waals surface area contributed by atoms with E-state index in [9.17, 15) is 9.59 Å². The van der Waals surface area contributed by atoms with Crippen LogP contribution in [0.5, 0.6) is 5.75 Å². The van der Waals surface area contributed by atoms with Gasteiger partial charge in [0.15, 0.2) is 0 Å². The van der Waals surface area contributed by atoms with Crippen LogP contribution in [0.2, 0.25) is 0 Å². The van der Waals surface area contributed by atoms with Crippen LogP contribution in [0.15, 0.2) is 72.8 Å². The number of rotatable bonds is 10. The number of carbonyl (C=O) groups excluding carboxylic acids is 2. The number of nitrogens with one attached hydrogen (secondary N) is 1. The standard InChI is InChI=1S/C31H36N4O4/c1-3-39-22-6-17-35-29(27-7-4-5-8-28(27)31(35)37)32-24-11-9-23(10-12-24)30(36)34-20-18-33(19-21-34)25-13-15-26(38-2)16-14-25/h4-5,7-16,29,32H,3,6,17-22H2,1-2H3. The maximum atomic E-state index is 13.2. The van der Waals surface area contributed by atoms with Crippen molar-refractivity contribution in [2.24, 2.45) is 0 Å². The van der Waals surface area contributed by atoms with Gasteiger partial charge in [0, 0.05) is 74.0 Å². The molecule has 2 heterocycles. The second-order valence-corrected chi connectivity index (χ2v) is 9.74. The van der Waals surface area contributed by atoms with Gasteiger partial charge in [-0.3, -0.25) is 9.59 Å². The molecule has 2 aliphatic heterocycles. The summed E-state index contributed by atoms with van der Waals surface area (Å²) in [5, 5.41) is 3.52. The number of hydrogen-bond donors (Lipinski definition) is 1. The molecule has 0 aliphatic carbocycles. The molecule has 1 N–H and O–H groups in total. The van der Waals surface area contributed by atoms with E-state index in [0.29, 0.717) is 38.4 Å². The number of methoxy groups -OCH3 is 1. The van der Waals surface area contributed by atoms with Gasteiger partial charge >= 0.3 is 0 Å². The molecule has 0 radical (unpaired) electrons. The maximum absolute atomic E-state index is 13.2. The molecule has 39 heavy (non-hydrogen) atoms. The Morgan fingerprint density at radius 3 is 2.36 bits per heavy atom. The van der Waals surface area contributed by atoms with E-state index < -0.39 is 0 Å². The maximum Gasteiger partial charge on any atom is 0.256 e. The summed E-state index contributed by atoms with van der Waals surface area (Å²) in [4.78, 5) is 32.4. The van der Waals surface area contributed by atoms with Crippen LogP contribution in [-0.4, -0.2) is 74.7 Å². The summed E-state index contributed by atoms with van der Waals surface area (Å²) < 4.78 is 10.7. The summed E-state index contributed by atoms with van der Waals surface area (Å²) in [6.45, 7) is 6.76. The molecule has 1 unspecified atom stereocenters. The van der Waals surface area contributed by atoms with Gasteiger partial charge in [0.25, 0.3) is 11.8 Å². The van der Waals surface area contributed by atoms with Crippen LogP contribution in [0.1, 0.15) is 45.8 Å². The van der Waals surface area contributed by atoms with E-state index in [2.05, 4.69) is 22.3 Å². The summed E-state index contributed by atoms with van der Waals surface area (Å²) in [7, 11) is 1.66.